The van der Waals surface area contributed by atoms with E-state index in [9.17, 15) is 0 Å². The van der Waals surface area contributed by atoms with Crippen LogP contribution >= 0.6 is 11.3 Å². The average Bonchev–Trinajstić information content (AvgIpc) is 2.65. The van der Waals surface area contributed by atoms with Crippen LogP contribution in [0.1, 0.15) is 38.9 Å². The number of rotatable bonds is 6. The molecule has 1 rings (SSSR count). The van der Waals surface area contributed by atoms with E-state index in [1.54, 1.807) is 11.3 Å². The van der Waals surface area contributed by atoms with Gasteiger partial charge in [-0.1, -0.05) is 13.8 Å². The van der Waals surface area contributed by atoms with Crippen LogP contribution in [0.5, 0.6) is 0 Å². The highest BCUT2D eigenvalue weighted by atomic mass is 32.1. The summed E-state index contributed by atoms with van der Waals surface area (Å²) in [7, 11) is 0. The molecule has 0 fully saturated rings. The maximum absolute atomic E-state index is 5.94. The van der Waals surface area contributed by atoms with Crippen molar-refractivity contribution in [3.05, 3.63) is 22.4 Å². The lowest BCUT2D eigenvalue weighted by Crippen LogP contribution is -2.21. The zero-order valence-corrected chi connectivity index (χ0v) is 10.6. The SMILES string of the molecule is CC(C)CC(C)OC(CN)c1ccsc1. The van der Waals surface area contributed by atoms with Crippen molar-refractivity contribution in [3.63, 3.8) is 0 Å². The Kier molecular flexibility index (Phi) is 5.29. The van der Waals surface area contributed by atoms with Gasteiger partial charge in [0.25, 0.3) is 0 Å². The molecular formula is C12H21NOS. The first kappa shape index (κ1) is 12.7. The van der Waals surface area contributed by atoms with Gasteiger partial charge >= 0.3 is 0 Å². The summed E-state index contributed by atoms with van der Waals surface area (Å²) in [6.07, 6.45) is 1.42. The first-order chi connectivity index (χ1) is 7.13. The van der Waals surface area contributed by atoms with Crippen LogP contribution in [0.15, 0.2) is 16.8 Å². The topological polar surface area (TPSA) is 35.2 Å². The van der Waals surface area contributed by atoms with Gasteiger partial charge in [-0.2, -0.15) is 11.3 Å². The van der Waals surface area contributed by atoms with E-state index < -0.39 is 0 Å². The molecule has 3 heteroatoms. The van der Waals surface area contributed by atoms with Gasteiger partial charge < -0.3 is 10.5 Å². The van der Waals surface area contributed by atoms with E-state index in [0.29, 0.717) is 12.5 Å². The number of hydrogen-bond donors (Lipinski definition) is 1. The number of ether oxygens (including phenoxy) is 1. The summed E-state index contributed by atoms with van der Waals surface area (Å²) in [5.74, 6) is 0.667. The Morgan fingerprint density at radius 1 is 1.40 bits per heavy atom. The van der Waals surface area contributed by atoms with E-state index in [-0.39, 0.29) is 12.2 Å². The standard InChI is InChI=1S/C12H21NOS/c1-9(2)6-10(3)14-12(7-13)11-4-5-15-8-11/h4-5,8-10,12H,6-7,13H2,1-3H3. The molecule has 0 aliphatic carbocycles. The predicted octanol–water partition coefficient (Wildman–Crippen LogP) is 3.20. The molecule has 0 radical (unpaired) electrons. The van der Waals surface area contributed by atoms with Crippen LogP contribution in [0.4, 0.5) is 0 Å². The summed E-state index contributed by atoms with van der Waals surface area (Å²) in [5, 5.41) is 4.17. The van der Waals surface area contributed by atoms with E-state index in [1.165, 1.54) is 5.56 Å². The third-order valence-corrected chi connectivity index (χ3v) is 3.03. The van der Waals surface area contributed by atoms with E-state index >= 15 is 0 Å². The van der Waals surface area contributed by atoms with Crippen molar-refractivity contribution in [1.29, 1.82) is 0 Å². The van der Waals surface area contributed by atoms with Gasteiger partial charge in [0.2, 0.25) is 0 Å². The Labute approximate surface area is 96.4 Å². The molecule has 1 heterocycles. The van der Waals surface area contributed by atoms with E-state index in [1.807, 2.05) is 0 Å². The van der Waals surface area contributed by atoms with Crippen molar-refractivity contribution < 1.29 is 4.74 Å². The van der Waals surface area contributed by atoms with Crippen LogP contribution < -0.4 is 5.73 Å². The second-order valence-electron chi connectivity index (χ2n) is 4.36. The van der Waals surface area contributed by atoms with Crippen LogP contribution in [0.25, 0.3) is 0 Å². The monoisotopic (exact) mass is 227 g/mol. The largest absolute Gasteiger partial charge is 0.369 e. The molecule has 0 aliphatic rings. The first-order valence-corrected chi connectivity index (χ1v) is 6.45. The maximum Gasteiger partial charge on any atom is 0.0958 e. The Hall–Kier alpha value is -0.380. The van der Waals surface area contributed by atoms with Gasteiger partial charge in [0.1, 0.15) is 0 Å². The molecule has 15 heavy (non-hydrogen) atoms. The Morgan fingerprint density at radius 3 is 2.60 bits per heavy atom. The number of hydrogen-bond acceptors (Lipinski definition) is 3. The second kappa shape index (κ2) is 6.26. The molecule has 0 amide bonds. The third kappa shape index (κ3) is 4.33. The van der Waals surface area contributed by atoms with Crippen molar-refractivity contribution >= 4 is 11.3 Å². The third-order valence-electron chi connectivity index (χ3n) is 2.33. The average molecular weight is 227 g/mol. The molecule has 86 valence electrons. The molecule has 0 bridgehead atoms. The highest BCUT2D eigenvalue weighted by Gasteiger charge is 2.15. The molecule has 0 aromatic carbocycles. The quantitative estimate of drug-likeness (QED) is 0.810. The van der Waals surface area contributed by atoms with Crippen LogP contribution in [0, 0.1) is 5.92 Å². The second-order valence-corrected chi connectivity index (χ2v) is 5.14. The Morgan fingerprint density at radius 2 is 2.13 bits per heavy atom. The first-order valence-electron chi connectivity index (χ1n) is 5.51. The van der Waals surface area contributed by atoms with Crippen LogP contribution in [-0.2, 0) is 4.74 Å². The zero-order valence-electron chi connectivity index (χ0n) is 9.77. The van der Waals surface area contributed by atoms with Gasteiger partial charge in [-0.15, -0.1) is 0 Å². The summed E-state index contributed by atoms with van der Waals surface area (Å²) in [6, 6.07) is 2.09. The fraction of sp³-hybridized carbons (Fsp3) is 0.667. The zero-order chi connectivity index (χ0) is 11.3. The van der Waals surface area contributed by atoms with E-state index in [4.69, 9.17) is 10.5 Å². The minimum atomic E-state index is 0.0602. The van der Waals surface area contributed by atoms with Gasteiger partial charge in [-0.3, -0.25) is 0 Å². The van der Waals surface area contributed by atoms with Crippen LogP contribution in [-0.4, -0.2) is 12.6 Å². The summed E-state index contributed by atoms with van der Waals surface area (Å²) in [6.45, 7) is 7.10. The molecular weight excluding hydrogens is 206 g/mol. The van der Waals surface area contributed by atoms with Crippen molar-refractivity contribution in [2.24, 2.45) is 11.7 Å². The summed E-state index contributed by atoms with van der Waals surface area (Å²) in [5.41, 5.74) is 6.93. The minimum absolute atomic E-state index is 0.0602. The highest BCUT2D eigenvalue weighted by molar-refractivity contribution is 7.07. The lowest BCUT2D eigenvalue weighted by atomic mass is 10.1. The molecule has 1 aromatic rings. The van der Waals surface area contributed by atoms with Crippen molar-refractivity contribution in [3.8, 4) is 0 Å². The van der Waals surface area contributed by atoms with Gasteiger partial charge in [0, 0.05) is 6.54 Å². The van der Waals surface area contributed by atoms with Gasteiger partial charge in [-0.25, -0.2) is 0 Å². The van der Waals surface area contributed by atoms with Gasteiger partial charge in [0.15, 0.2) is 0 Å². The summed E-state index contributed by atoms with van der Waals surface area (Å²) < 4.78 is 5.94. The summed E-state index contributed by atoms with van der Waals surface area (Å²) >= 11 is 1.69. The Balaban J connectivity index is 2.47. The molecule has 2 unspecified atom stereocenters. The molecule has 0 saturated heterocycles. The Bertz CT molecular complexity index is 259. The molecule has 2 N–H and O–H groups in total. The molecule has 2 atom stereocenters. The fourth-order valence-electron chi connectivity index (χ4n) is 1.73. The van der Waals surface area contributed by atoms with Crippen LogP contribution in [0.3, 0.4) is 0 Å². The normalized spacial score (nSPS) is 15.5. The van der Waals surface area contributed by atoms with Gasteiger partial charge in [-0.05, 0) is 41.7 Å². The summed E-state index contributed by atoms with van der Waals surface area (Å²) in [4.78, 5) is 0. The van der Waals surface area contributed by atoms with Crippen LogP contribution in [0.2, 0.25) is 0 Å². The maximum atomic E-state index is 5.94. The fourth-order valence-corrected chi connectivity index (χ4v) is 2.43. The smallest absolute Gasteiger partial charge is 0.0958 e. The highest BCUT2D eigenvalue weighted by Crippen LogP contribution is 2.22. The molecule has 0 spiro atoms. The van der Waals surface area contributed by atoms with Crippen molar-refractivity contribution in [2.45, 2.75) is 39.4 Å². The van der Waals surface area contributed by atoms with E-state index in [2.05, 4.69) is 37.6 Å². The molecule has 1 aromatic heterocycles. The number of nitrogens with two attached hydrogens (primary N) is 1. The van der Waals surface area contributed by atoms with Crippen molar-refractivity contribution in [2.75, 3.05) is 6.54 Å². The minimum Gasteiger partial charge on any atom is -0.369 e. The van der Waals surface area contributed by atoms with E-state index in [0.717, 1.165) is 6.42 Å². The van der Waals surface area contributed by atoms with Crippen molar-refractivity contribution in [1.82, 2.24) is 0 Å². The molecule has 0 aliphatic heterocycles. The molecule has 2 nitrogen and oxygen atoms in total. The molecule has 0 saturated carbocycles. The lowest BCUT2D eigenvalue weighted by Gasteiger charge is -2.21. The van der Waals surface area contributed by atoms with Gasteiger partial charge in [0.05, 0.1) is 12.2 Å². The predicted molar refractivity (Wildman–Crippen MR) is 66.1 cm³/mol. The lowest BCUT2D eigenvalue weighted by molar-refractivity contribution is -0.00819. The number of thiophene rings is 1.